The number of allylic oxidation sites excluding steroid dienone is 1. The van der Waals surface area contributed by atoms with Crippen molar-refractivity contribution in [2.75, 3.05) is 6.61 Å². The standard InChI is InChI=1S/C52H100FNO5Si4/c1-26-42(47(55)52(16,17)45(58-62(22,23)50(10,11)12)35-37-56-60(18,19)48(4,5)6)46(59-63(24,25)51(13,14)15)40(3)31-29-30-39(2)33-34-44(57-61(20,21)49(7,8)9)43(53)38-41-32-27-28-36-54-41/h27-28,32-33,36,38,40,42,44-46H,26,29-31,34-35,37H2,1-25H3/t40-,42+,44-,45-,46-/m0/s1. The van der Waals surface area contributed by atoms with Crippen molar-refractivity contribution in [2.24, 2.45) is 17.3 Å². The van der Waals surface area contributed by atoms with Crippen LogP contribution in [0.5, 0.6) is 0 Å². The Kier molecular flexibility index (Phi) is 21.7. The average molecular weight is 951 g/mol. The van der Waals surface area contributed by atoms with Gasteiger partial charge in [-0.15, -0.1) is 0 Å². The lowest BCUT2D eigenvalue weighted by Gasteiger charge is -2.47. The summed E-state index contributed by atoms with van der Waals surface area (Å²) in [6.07, 6.45) is 8.75. The lowest BCUT2D eigenvalue weighted by atomic mass is 9.71. The molecule has 6 nitrogen and oxygen atoms in total. The summed E-state index contributed by atoms with van der Waals surface area (Å²) in [5, 5.41) is 0.0171. The van der Waals surface area contributed by atoms with Gasteiger partial charge in [-0.25, -0.2) is 4.39 Å². The van der Waals surface area contributed by atoms with Crippen LogP contribution in [-0.4, -0.2) is 69.0 Å². The summed E-state index contributed by atoms with van der Waals surface area (Å²) in [4.78, 5) is 19.8. The number of hydrogen-bond acceptors (Lipinski definition) is 6. The smallest absolute Gasteiger partial charge is 0.193 e. The first-order valence-electron chi connectivity index (χ1n) is 24.3. The Morgan fingerprint density at radius 1 is 0.730 bits per heavy atom. The first kappa shape index (κ1) is 60.0. The zero-order valence-electron chi connectivity index (χ0n) is 45.7. The summed E-state index contributed by atoms with van der Waals surface area (Å²) in [6, 6.07) is 5.53. The van der Waals surface area contributed by atoms with E-state index < -0.39 is 44.8 Å². The summed E-state index contributed by atoms with van der Waals surface area (Å²) in [5.41, 5.74) is 1.04. The van der Waals surface area contributed by atoms with Crippen LogP contribution in [0.4, 0.5) is 4.39 Å². The van der Waals surface area contributed by atoms with E-state index in [1.807, 2.05) is 18.2 Å². The fraction of sp³-hybridized carbons (Fsp3) is 0.808. The first-order valence-corrected chi connectivity index (χ1v) is 35.9. The molecule has 0 radical (unpaired) electrons. The minimum atomic E-state index is -2.28. The molecule has 0 aliphatic heterocycles. The van der Waals surface area contributed by atoms with E-state index in [0.29, 0.717) is 31.6 Å². The quantitative estimate of drug-likeness (QED) is 0.0760. The highest BCUT2D eigenvalue weighted by molar-refractivity contribution is 6.75. The molecule has 0 unspecified atom stereocenters. The molecule has 0 fully saturated rings. The van der Waals surface area contributed by atoms with Crippen molar-refractivity contribution in [3.8, 4) is 0 Å². The topological polar surface area (TPSA) is 66.9 Å². The second-order valence-electron chi connectivity index (χ2n) is 25.5. The van der Waals surface area contributed by atoms with Crippen molar-refractivity contribution in [3.63, 3.8) is 0 Å². The molecule has 0 saturated carbocycles. The van der Waals surface area contributed by atoms with Crippen LogP contribution in [0.2, 0.25) is 72.5 Å². The highest BCUT2D eigenvalue weighted by atomic mass is 28.4. The Labute approximate surface area is 393 Å². The number of carbonyl (C=O) groups is 1. The van der Waals surface area contributed by atoms with Crippen LogP contribution < -0.4 is 0 Å². The summed E-state index contributed by atoms with van der Waals surface area (Å²) in [7, 11) is -8.82. The molecule has 5 atom stereocenters. The number of ketones is 1. The molecule has 366 valence electrons. The van der Waals surface area contributed by atoms with E-state index in [1.165, 1.54) is 11.6 Å². The van der Waals surface area contributed by atoms with Crippen molar-refractivity contribution >= 4 is 45.1 Å². The maximum atomic E-state index is 16.0. The van der Waals surface area contributed by atoms with Gasteiger partial charge in [0.1, 0.15) is 17.7 Å². The molecule has 0 aliphatic rings. The number of aromatic nitrogens is 1. The molecular formula is C52H100FNO5Si4. The maximum absolute atomic E-state index is 16.0. The van der Waals surface area contributed by atoms with Gasteiger partial charge in [-0.05, 0) is 142 Å². The highest BCUT2D eigenvalue weighted by Gasteiger charge is 2.50. The van der Waals surface area contributed by atoms with Gasteiger partial charge in [0, 0.05) is 24.1 Å². The van der Waals surface area contributed by atoms with Crippen molar-refractivity contribution < 1.29 is 26.9 Å². The van der Waals surface area contributed by atoms with Crippen molar-refractivity contribution in [3.05, 3.63) is 47.6 Å². The third-order valence-corrected chi connectivity index (χ3v) is 33.7. The van der Waals surface area contributed by atoms with Crippen LogP contribution in [0.15, 0.2) is 41.9 Å². The molecule has 0 N–H and O–H groups in total. The number of pyridine rings is 1. The Balaban J connectivity index is 3.54. The number of Topliss-reactive ketones (excluding diaryl/α,β-unsaturated/α-hetero) is 1. The Hall–Kier alpha value is -1.06. The second kappa shape index (κ2) is 22.8. The summed E-state index contributed by atoms with van der Waals surface area (Å²) < 4.78 is 44.1. The number of carbonyl (C=O) groups excluding carboxylic acids is 1. The van der Waals surface area contributed by atoms with E-state index in [9.17, 15) is 0 Å². The van der Waals surface area contributed by atoms with E-state index in [4.69, 9.17) is 17.7 Å². The van der Waals surface area contributed by atoms with Gasteiger partial charge >= 0.3 is 0 Å². The molecule has 1 aromatic rings. The zero-order valence-corrected chi connectivity index (χ0v) is 49.7. The molecule has 0 aromatic carbocycles. The van der Waals surface area contributed by atoms with E-state index in [1.54, 1.807) is 6.20 Å². The molecule has 0 aliphatic carbocycles. The number of rotatable bonds is 24. The molecule has 1 aromatic heterocycles. The number of hydrogen-bond donors (Lipinski definition) is 0. The molecule has 0 spiro atoms. The lowest BCUT2D eigenvalue weighted by molar-refractivity contribution is -0.142. The molecule has 1 rings (SSSR count). The molecule has 1 heterocycles. The third-order valence-electron chi connectivity index (χ3n) is 15.7. The van der Waals surface area contributed by atoms with Gasteiger partial charge in [0.25, 0.3) is 0 Å². The fourth-order valence-corrected chi connectivity index (χ4v) is 12.0. The van der Waals surface area contributed by atoms with E-state index >= 15 is 9.18 Å². The molecule has 11 heteroatoms. The van der Waals surface area contributed by atoms with E-state index in [-0.39, 0.29) is 55.8 Å². The van der Waals surface area contributed by atoms with E-state index in [0.717, 1.165) is 19.3 Å². The van der Waals surface area contributed by atoms with Crippen LogP contribution in [0, 0.1) is 17.3 Å². The second-order valence-corrected chi connectivity index (χ2v) is 44.6. The number of nitrogens with zero attached hydrogens (tertiary/aromatic N) is 1. The Bertz CT molecular complexity index is 1630. The van der Waals surface area contributed by atoms with Gasteiger partial charge in [0.05, 0.1) is 17.9 Å². The van der Waals surface area contributed by atoms with Crippen LogP contribution in [0.25, 0.3) is 6.08 Å². The van der Waals surface area contributed by atoms with Gasteiger partial charge < -0.3 is 17.7 Å². The largest absolute Gasteiger partial charge is 0.417 e. The van der Waals surface area contributed by atoms with Crippen LogP contribution in [0.3, 0.4) is 0 Å². The summed E-state index contributed by atoms with van der Waals surface area (Å²) in [6.45, 7) is 56.6. The van der Waals surface area contributed by atoms with Gasteiger partial charge in [0.15, 0.2) is 33.3 Å². The third kappa shape index (κ3) is 17.5. The minimum absolute atomic E-state index is 0.00687. The van der Waals surface area contributed by atoms with Gasteiger partial charge in [-0.1, -0.05) is 128 Å². The van der Waals surface area contributed by atoms with Crippen molar-refractivity contribution in [1.82, 2.24) is 4.98 Å². The SMILES string of the molecule is CC[C@@H](C(=O)C(C)(C)[C@H](CCO[Si](C)(C)C(C)(C)C)O[Si](C)(C)C(C)(C)C)[C@@H](O[Si](C)(C)C(C)(C)C)[C@@H](C)CCCC(C)=CC[C@H](O[Si](C)(C)C(C)(C)C)C(F)=Cc1ccccn1. The summed E-state index contributed by atoms with van der Waals surface area (Å²) >= 11 is 0. The minimum Gasteiger partial charge on any atom is -0.417 e. The van der Waals surface area contributed by atoms with E-state index in [2.05, 4.69) is 181 Å². The van der Waals surface area contributed by atoms with Crippen molar-refractivity contribution in [2.45, 2.75) is 247 Å². The van der Waals surface area contributed by atoms with Gasteiger partial charge in [-0.2, -0.15) is 0 Å². The lowest BCUT2D eigenvalue weighted by Crippen LogP contribution is -2.55. The van der Waals surface area contributed by atoms with Crippen LogP contribution in [0.1, 0.15) is 162 Å². The normalized spacial score (nSPS) is 17.4. The van der Waals surface area contributed by atoms with Gasteiger partial charge in [0.2, 0.25) is 0 Å². The maximum Gasteiger partial charge on any atom is 0.193 e. The molecule has 0 bridgehead atoms. The summed E-state index contributed by atoms with van der Waals surface area (Å²) in [5.74, 6) is -0.192. The predicted molar refractivity (Wildman–Crippen MR) is 281 cm³/mol. The van der Waals surface area contributed by atoms with Gasteiger partial charge in [-0.3, -0.25) is 9.78 Å². The van der Waals surface area contributed by atoms with Crippen molar-refractivity contribution in [1.29, 1.82) is 0 Å². The predicted octanol–water partition coefficient (Wildman–Crippen LogP) is 16.7. The average Bonchev–Trinajstić information content (AvgIpc) is 3.10. The number of halogens is 1. The molecule has 0 amide bonds. The monoisotopic (exact) mass is 950 g/mol. The zero-order chi connectivity index (χ0) is 49.4. The molecule has 0 saturated heterocycles. The first-order chi connectivity index (χ1) is 28.1. The fourth-order valence-electron chi connectivity index (χ4n) is 6.77. The Morgan fingerprint density at radius 2 is 1.22 bits per heavy atom. The molecule has 63 heavy (non-hydrogen) atoms. The van der Waals surface area contributed by atoms with Crippen LogP contribution >= 0.6 is 0 Å². The Morgan fingerprint density at radius 3 is 1.68 bits per heavy atom. The van der Waals surface area contributed by atoms with Crippen LogP contribution in [-0.2, 0) is 22.5 Å². The molecular weight excluding hydrogens is 850 g/mol. The highest BCUT2D eigenvalue weighted by Crippen LogP contribution is 2.46.